The van der Waals surface area contributed by atoms with E-state index in [1.54, 1.807) is 4.90 Å². The number of imidazole rings is 1. The fraction of sp³-hybridized carbons (Fsp3) is 0.353. The maximum atomic E-state index is 12.7. The van der Waals surface area contributed by atoms with E-state index in [1.165, 1.54) is 0 Å². The summed E-state index contributed by atoms with van der Waals surface area (Å²) < 4.78 is 2.03. The summed E-state index contributed by atoms with van der Waals surface area (Å²) in [6, 6.07) is 9.54. The molecule has 0 unspecified atom stereocenters. The summed E-state index contributed by atoms with van der Waals surface area (Å²) in [5.41, 5.74) is 1.91. The van der Waals surface area contributed by atoms with Gasteiger partial charge in [-0.2, -0.15) is 0 Å². The lowest BCUT2D eigenvalue weighted by Crippen LogP contribution is -2.47. The quantitative estimate of drug-likeness (QED) is 0.915. The van der Waals surface area contributed by atoms with Crippen LogP contribution in [0.25, 0.3) is 11.3 Å². The first-order valence-electron chi connectivity index (χ1n) is 7.96. The van der Waals surface area contributed by atoms with Gasteiger partial charge in [-0.05, 0) is 12.8 Å². The van der Waals surface area contributed by atoms with E-state index < -0.39 is 6.04 Å². The molecular weight excluding hydrogens is 292 g/mol. The molecule has 6 heteroatoms. The largest absolute Gasteiger partial charge is 0.344 e. The maximum Gasteiger partial charge on any atom is 0.251 e. The van der Waals surface area contributed by atoms with Crippen molar-refractivity contribution in [3.05, 3.63) is 36.5 Å². The predicted octanol–water partition coefficient (Wildman–Crippen LogP) is 1.57. The average molecular weight is 310 g/mol. The molecule has 1 atom stereocenters. The Bertz CT molecular complexity index is 753. The third-order valence-electron chi connectivity index (χ3n) is 4.41. The number of nitrogens with one attached hydrogen (secondary N) is 1. The number of aromatic nitrogens is 2. The van der Waals surface area contributed by atoms with Crippen LogP contribution in [0.4, 0.5) is 5.95 Å². The van der Waals surface area contributed by atoms with Gasteiger partial charge in [0.25, 0.3) is 5.91 Å². The second-order valence-corrected chi connectivity index (χ2v) is 5.99. The minimum absolute atomic E-state index is 0.0475. The molecule has 1 aromatic heterocycles. The summed E-state index contributed by atoms with van der Waals surface area (Å²) in [4.78, 5) is 30.5. The van der Waals surface area contributed by atoms with Crippen molar-refractivity contribution in [2.24, 2.45) is 0 Å². The van der Waals surface area contributed by atoms with Crippen LogP contribution in [0.2, 0.25) is 0 Å². The molecule has 3 heterocycles. The summed E-state index contributed by atoms with van der Waals surface area (Å²) >= 11 is 0. The number of rotatable bonds is 2. The average Bonchev–Trinajstić information content (AvgIpc) is 3.21. The van der Waals surface area contributed by atoms with Crippen LogP contribution in [0.5, 0.6) is 0 Å². The first-order valence-corrected chi connectivity index (χ1v) is 7.96. The Morgan fingerprint density at radius 2 is 2.04 bits per heavy atom. The number of hydrogen-bond donors (Lipinski definition) is 1. The molecule has 2 aromatic rings. The molecule has 0 saturated carbocycles. The van der Waals surface area contributed by atoms with E-state index in [1.807, 2.05) is 41.1 Å². The molecule has 4 rings (SSSR count). The Labute approximate surface area is 134 Å². The molecule has 6 nitrogen and oxygen atoms in total. The van der Waals surface area contributed by atoms with Crippen molar-refractivity contribution >= 4 is 17.8 Å². The lowest BCUT2D eigenvalue weighted by atomic mass is 10.2. The fourth-order valence-electron chi connectivity index (χ4n) is 3.23. The molecule has 1 N–H and O–H groups in total. The Morgan fingerprint density at radius 1 is 1.22 bits per heavy atom. The topological polar surface area (TPSA) is 67.2 Å². The van der Waals surface area contributed by atoms with Gasteiger partial charge in [0.1, 0.15) is 6.04 Å². The van der Waals surface area contributed by atoms with Crippen molar-refractivity contribution < 1.29 is 9.59 Å². The van der Waals surface area contributed by atoms with Crippen molar-refractivity contribution in [1.82, 2.24) is 14.9 Å². The number of amides is 2. The molecular formula is C17H18N4O2. The van der Waals surface area contributed by atoms with Crippen molar-refractivity contribution in [3.8, 4) is 11.3 Å². The van der Waals surface area contributed by atoms with Crippen molar-refractivity contribution in [2.45, 2.75) is 31.8 Å². The summed E-state index contributed by atoms with van der Waals surface area (Å²) in [5, 5.41) is 2.75. The summed E-state index contributed by atoms with van der Waals surface area (Å²) in [5.74, 6) is 0.580. The van der Waals surface area contributed by atoms with Crippen LogP contribution in [0.15, 0.2) is 36.5 Å². The van der Waals surface area contributed by atoms with E-state index in [4.69, 9.17) is 0 Å². The fourth-order valence-corrected chi connectivity index (χ4v) is 3.23. The monoisotopic (exact) mass is 310 g/mol. The smallest absolute Gasteiger partial charge is 0.251 e. The van der Waals surface area contributed by atoms with E-state index in [-0.39, 0.29) is 11.8 Å². The highest BCUT2D eigenvalue weighted by Crippen LogP contribution is 2.27. The second-order valence-electron chi connectivity index (χ2n) is 5.99. The predicted molar refractivity (Wildman–Crippen MR) is 85.8 cm³/mol. The summed E-state index contributed by atoms with van der Waals surface area (Å²) in [7, 11) is 0. The van der Waals surface area contributed by atoms with E-state index in [0.29, 0.717) is 25.3 Å². The molecule has 1 aromatic carbocycles. The van der Waals surface area contributed by atoms with Gasteiger partial charge in [-0.3, -0.25) is 14.5 Å². The lowest BCUT2D eigenvalue weighted by Gasteiger charge is -2.29. The number of carbonyl (C=O) groups excluding carboxylic acids is 2. The Kier molecular flexibility index (Phi) is 3.37. The van der Waals surface area contributed by atoms with E-state index in [0.717, 1.165) is 24.2 Å². The van der Waals surface area contributed by atoms with Gasteiger partial charge < -0.3 is 9.88 Å². The van der Waals surface area contributed by atoms with Gasteiger partial charge in [0.15, 0.2) is 0 Å². The lowest BCUT2D eigenvalue weighted by molar-refractivity contribution is -0.124. The molecule has 1 saturated heterocycles. The third-order valence-corrected chi connectivity index (χ3v) is 4.41. The molecule has 23 heavy (non-hydrogen) atoms. The van der Waals surface area contributed by atoms with Crippen LogP contribution >= 0.6 is 0 Å². The highest BCUT2D eigenvalue weighted by molar-refractivity contribution is 6.00. The van der Waals surface area contributed by atoms with E-state index >= 15 is 0 Å². The number of nitrogens with zero attached hydrogens (tertiary/aromatic N) is 3. The normalized spacial score (nSPS) is 20.3. The van der Waals surface area contributed by atoms with Gasteiger partial charge in [0, 0.05) is 31.3 Å². The van der Waals surface area contributed by atoms with Gasteiger partial charge >= 0.3 is 0 Å². The maximum absolute atomic E-state index is 12.7. The van der Waals surface area contributed by atoms with Crippen LogP contribution in [0, 0.1) is 0 Å². The number of carbonyl (C=O) groups is 2. The molecule has 0 spiro atoms. The number of hydrogen-bond acceptors (Lipinski definition) is 3. The van der Waals surface area contributed by atoms with Gasteiger partial charge in [-0.15, -0.1) is 0 Å². The Balaban J connectivity index is 1.64. The molecule has 2 amide bonds. The second kappa shape index (κ2) is 5.53. The van der Waals surface area contributed by atoms with Crippen LogP contribution in [0.1, 0.15) is 19.3 Å². The van der Waals surface area contributed by atoms with Gasteiger partial charge in [0.05, 0.1) is 5.69 Å². The zero-order chi connectivity index (χ0) is 15.8. The van der Waals surface area contributed by atoms with Gasteiger partial charge in [-0.1, -0.05) is 30.3 Å². The number of fused-ring (bicyclic) bond motifs is 1. The van der Waals surface area contributed by atoms with Crippen molar-refractivity contribution in [2.75, 3.05) is 11.4 Å². The highest BCUT2D eigenvalue weighted by Gasteiger charge is 2.34. The molecule has 1 fully saturated rings. The minimum atomic E-state index is -0.411. The SMILES string of the molecule is O=C1CC[C@H](C(=O)N2CCCn3cc(-c4ccccc4)nc32)N1. The zero-order valence-corrected chi connectivity index (χ0v) is 12.7. The zero-order valence-electron chi connectivity index (χ0n) is 12.7. The van der Waals surface area contributed by atoms with Crippen molar-refractivity contribution in [1.29, 1.82) is 0 Å². The van der Waals surface area contributed by atoms with Crippen LogP contribution < -0.4 is 10.2 Å². The first kappa shape index (κ1) is 14.0. The van der Waals surface area contributed by atoms with Crippen LogP contribution in [-0.4, -0.2) is 34.0 Å². The number of benzene rings is 1. The summed E-state index contributed by atoms with van der Waals surface area (Å²) in [6.45, 7) is 1.51. The summed E-state index contributed by atoms with van der Waals surface area (Å²) in [6.07, 6.45) is 3.88. The van der Waals surface area contributed by atoms with E-state index in [9.17, 15) is 9.59 Å². The minimum Gasteiger partial charge on any atom is -0.344 e. The van der Waals surface area contributed by atoms with Gasteiger partial charge in [0.2, 0.25) is 11.9 Å². The van der Waals surface area contributed by atoms with Crippen LogP contribution in [0.3, 0.4) is 0 Å². The number of anilines is 1. The molecule has 0 bridgehead atoms. The van der Waals surface area contributed by atoms with E-state index in [2.05, 4.69) is 10.3 Å². The Morgan fingerprint density at radius 3 is 2.78 bits per heavy atom. The molecule has 0 radical (unpaired) electrons. The molecule has 2 aliphatic heterocycles. The molecule has 118 valence electrons. The van der Waals surface area contributed by atoms with Crippen molar-refractivity contribution in [3.63, 3.8) is 0 Å². The molecule has 2 aliphatic rings. The third kappa shape index (κ3) is 2.50. The van der Waals surface area contributed by atoms with Crippen LogP contribution in [-0.2, 0) is 16.1 Å². The Hall–Kier alpha value is -2.63. The number of aryl methyl sites for hydroxylation is 1. The highest BCUT2D eigenvalue weighted by atomic mass is 16.2. The first-order chi connectivity index (χ1) is 11.2. The van der Waals surface area contributed by atoms with Gasteiger partial charge in [-0.25, -0.2) is 4.98 Å². The standard InChI is InChI=1S/C17H18N4O2/c22-15-8-7-13(18-15)16(23)21-10-4-9-20-11-14(19-17(20)21)12-5-2-1-3-6-12/h1-3,5-6,11,13H,4,7-10H2,(H,18,22)/t13-/m1/s1. The molecule has 0 aliphatic carbocycles.